The smallest absolute Gasteiger partial charge is 0.341 e. The van der Waals surface area contributed by atoms with Gasteiger partial charge in [0.1, 0.15) is 5.00 Å². The third kappa shape index (κ3) is 3.60. The molecule has 2 aliphatic carbocycles. The number of rotatable bonds is 4. The van der Waals surface area contributed by atoms with Crippen molar-refractivity contribution >= 4 is 28.2 Å². The SMILES string of the molecule is CC(C)OC(=O)c1c(NC(=O)C2CCCCC2)sc2c1CCC2. The van der Waals surface area contributed by atoms with Gasteiger partial charge in [0.15, 0.2) is 0 Å². The Labute approximate surface area is 141 Å². The van der Waals surface area contributed by atoms with Gasteiger partial charge < -0.3 is 10.1 Å². The molecule has 0 unspecified atom stereocenters. The van der Waals surface area contributed by atoms with Crippen LogP contribution in [0.1, 0.15) is 73.2 Å². The molecule has 0 radical (unpaired) electrons. The Hall–Kier alpha value is -1.36. The van der Waals surface area contributed by atoms with Gasteiger partial charge in [-0.2, -0.15) is 0 Å². The summed E-state index contributed by atoms with van der Waals surface area (Å²) in [5.74, 6) is -0.128. The molecule has 1 aromatic heterocycles. The van der Waals surface area contributed by atoms with E-state index < -0.39 is 0 Å². The van der Waals surface area contributed by atoms with Crippen molar-refractivity contribution in [1.82, 2.24) is 0 Å². The highest BCUT2D eigenvalue weighted by Crippen LogP contribution is 2.40. The minimum Gasteiger partial charge on any atom is -0.459 e. The second kappa shape index (κ2) is 7.04. The van der Waals surface area contributed by atoms with Crippen LogP contribution < -0.4 is 5.32 Å². The molecule has 23 heavy (non-hydrogen) atoms. The van der Waals surface area contributed by atoms with Crippen LogP contribution in [0.3, 0.4) is 0 Å². The molecule has 0 bridgehead atoms. The summed E-state index contributed by atoms with van der Waals surface area (Å²) in [5.41, 5.74) is 1.71. The van der Waals surface area contributed by atoms with E-state index in [0.717, 1.165) is 50.5 Å². The van der Waals surface area contributed by atoms with Gasteiger partial charge >= 0.3 is 5.97 Å². The van der Waals surface area contributed by atoms with Gasteiger partial charge in [-0.1, -0.05) is 19.3 Å². The van der Waals surface area contributed by atoms with E-state index in [-0.39, 0.29) is 23.9 Å². The number of ether oxygens (including phenoxy) is 1. The van der Waals surface area contributed by atoms with Crippen molar-refractivity contribution in [3.8, 4) is 0 Å². The first-order chi connectivity index (χ1) is 11.1. The number of esters is 1. The highest BCUT2D eigenvalue weighted by molar-refractivity contribution is 7.17. The van der Waals surface area contributed by atoms with Gasteiger partial charge in [-0.15, -0.1) is 11.3 Å². The molecule has 4 nitrogen and oxygen atoms in total. The van der Waals surface area contributed by atoms with Gasteiger partial charge in [0, 0.05) is 10.8 Å². The van der Waals surface area contributed by atoms with Gasteiger partial charge in [0.05, 0.1) is 11.7 Å². The monoisotopic (exact) mass is 335 g/mol. The number of amides is 1. The van der Waals surface area contributed by atoms with E-state index in [4.69, 9.17) is 4.74 Å². The molecule has 5 heteroatoms. The molecule has 0 aliphatic heterocycles. The number of carbonyl (C=O) groups excluding carboxylic acids is 2. The van der Waals surface area contributed by atoms with E-state index in [1.165, 1.54) is 11.3 Å². The largest absolute Gasteiger partial charge is 0.459 e. The quantitative estimate of drug-likeness (QED) is 0.834. The topological polar surface area (TPSA) is 55.4 Å². The van der Waals surface area contributed by atoms with Crippen molar-refractivity contribution < 1.29 is 14.3 Å². The van der Waals surface area contributed by atoms with Crippen LogP contribution in [0.5, 0.6) is 0 Å². The molecule has 126 valence electrons. The average Bonchev–Trinajstić information content (AvgIpc) is 3.07. The fourth-order valence-electron chi connectivity index (χ4n) is 3.56. The number of nitrogens with one attached hydrogen (secondary N) is 1. The Bertz CT molecular complexity index is 600. The Morgan fingerprint density at radius 1 is 1.13 bits per heavy atom. The minimum atomic E-state index is -0.293. The van der Waals surface area contributed by atoms with Crippen molar-refractivity contribution in [1.29, 1.82) is 0 Å². The summed E-state index contributed by atoms with van der Waals surface area (Å²) in [5, 5.41) is 3.75. The maximum atomic E-state index is 12.5. The van der Waals surface area contributed by atoms with E-state index >= 15 is 0 Å². The third-order valence-corrected chi connectivity index (χ3v) is 5.89. The normalized spacial score (nSPS) is 18.0. The van der Waals surface area contributed by atoms with Crippen LogP contribution in [0.2, 0.25) is 0 Å². The third-order valence-electron chi connectivity index (χ3n) is 4.68. The first kappa shape index (κ1) is 16.5. The molecule has 2 aliphatic rings. The first-order valence-corrected chi connectivity index (χ1v) is 9.54. The van der Waals surface area contributed by atoms with Gasteiger partial charge in [0.2, 0.25) is 5.91 Å². The summed E-state index contributed by atoms with van der Waals surface area (Å²) in [6.07, 6.45) is 8.24. The molecule has 0 saturated heterocycles. The summed E-state index contributed by atoms with van der Waals surface area (Å²) in [7, 11) is 0. The molecular weight excluding hydrogens is 310 g/mol. The molecule has 0 atom stereocenters. The van der Waals surface area contributed by atoms with Crippen LogP contribution in [-0.2, 0) is 22.4 Å². The summed E-state index contributed by atoms with van der Waals surface area (Å²) in [6.45, 7) is 3.70. The molecule has 0 spiro atoms. The van der Waals surface area contributed by atoms with E-state index in [1.54, 1.807) is 11.3 Å². The minimum absolute atomic E-state index is 0.0724. The Balaban J connectivity index is 1.81. The second-order valence-electron chi connectivity index (χ2n) is 6.84. The van der Waals surface area contributed by atoms with Crippen LogP contribution in [0.25, 0.3) is 0 Å². The molecular formula is C18H25NO3S. The van der Waals surface area contributed by atoms with Gasteiger partial charge in [0.25, 0.3) is 0 Å². The number of hydrogen-bond donors (Lipinski definition) is 1. The molecule has 3 rings (SSSR count). The van der Waals surface area contributed by atoms with E-state index in [0.29, 0.717) is 10.6 Å². The van der Waals surface area contributed by atoms with Crippen LogP contribution in [-0.4, -0.2) is 18.0 Å². The Kier molecular flexibility index (Phi) is 5.05. The standard InChI is InChI=1S/C18H25NO3S/c1-11(2)22-18(21)15-13-9-6-10-14(13)23-17(15)19-16(20)12-7-4-3-5-8-12/h11-12H,3-10H2,1-2H3,(H,19,20). The predicted octanol–water partition coefficient (Wildman–Crippen LogP) is 4.32. The zero-order chi connectivity index (χ0) is 16.4. The summed E-state index contributed by atoms with van der Waals surface area (Å²) >= 11 is 1.56. The van der Waals surface area contributed by atoms with Gasteiger partial charge in [-0.3, -0.25) is 4.79 Å². The molecule has 0 aromatic carbocycles. The molecule has 1 amide bonds. The van der Waals surface area contributed by atoms with Crippen LogP contribution in [0.15, 0.2) is 0 Å². The molecule has 1 fully saturated rings. The van der Waals surface area contributed by atoms with Crippen molar-refractivity contribution in [2.75, 3.05) is 5.32 Å². The number of thiophene rings is 1. The maximum absolute atomic E-state index is 12.5. The fraction of sp³-hybridized carbons (Fsp3) is 0.667. The molecule has 1 N–H and O–H groups in total. The summed E-state index contributed by atoms with van der Waals surface area (Å²) in [6, 6.07) is 0. The molecule has 1 aromatic rings. The number of fused-ring (bicyclic) bond motifs is 1. The maximum Gasteiger partial charge on any atom is 0.341 e. The number of carbonyl (C=O) groups is 2. The lowest BCUT2D eigenvalue weighted by Crippen LogP contribution is -2.25. The van der Waals surface area contributed by atoms with E-state index in [9.17, 15) is 9.59 Å². The average molecular weight is 335 g/mol. The lowest BCUT2D eigenvalue weighted by molar-refractivity contribution is -0.120. The van der Waals surface area contributed by atoms with Crippen molar-refractivity contribution in [2.45, 2.75) is 71.3 Å². The highest BCUT2D eigenvalue weighted by Gasteiger charge is 2.30. The summed E-state index contributed by atoms with van der Waals surface area (Å²) < 4.78 is 5.40. The molecule has 1 heterocycles. The Morgan fingerprint density at radius 3 is 2.57 bits per heavy atom. The lowest BCUT2D eigenvalue weighted by atomic mass is 9.89. The zero-order valence-electron chi connectivity index (χ0n) is 13.9. The van der Waals surface area contributed by atoms with Crippen LogP contribution in [0, 0.1) is 5.92 Å². The Morgan fingerprint density at radius 2 is 1.87 bits per heavy atom. The van der Waals surface area contributed by atoms with Crippen molar-refractivity contribution in [3.05, 3.63) is 16.0 Å². The predicted molar refractivity (Wildman–Crippen MR) is 92.1 cm³/mol. The van der Waals surface area contributed by atoms with Crippen LogP contribution in [0.4, 0.5) is 5.00 Å². The molecule has 1 saturated carbocycles. The van der Waals surface area contributed by atoms with Gasteiger partial charge in [-0.05, 0) is 51.5 Å². The van der Waals surface area contributed by atoms with E-state index in [2.05, 4.69) is 5.32 Å². The number of hydrogen-bond acceptors (Lipinski definition) is 4. The number of aryl methyl sites for hydroxylation is 1. The second-order valence-corrected chi connectivity index (χ2v) is 7.94. The lowest BCUT2D eigenvalue weighted by Gasteiger charge is -2.20. The number of anilines is 1. The highest BCUT2D eigenvalue weighted by atomic mass is 32.1. The van der Waals surface area contributed by atoms with Gasteiger partial charge in [-0.25, -0.2) is 4.79 Å². The summed E-state index contributed by atoms with van der Waals surface area (Å²) in [4.78, 5) is 26.3. The fourth-order valence-corrected chi connectivity index (χ4v) is 4.84. The van der Waals surface area contributed by atoms with Crippen molar-refractivity contribution in [2.24, 2.45) is 5.92 Å². The zero-order valence-corrected chi connectivity index (χ0v) is 14.8. The van der Waals surface area contributed by atoms with Crippen molar-refractivity contribution in [3.63, 3.8) is 0 Å². The van der Waals surface area contributed by atoms with Crippen LogP contribution >= 0.6 is 11.3 Å². The first-order valence-electron chi connectivity index (χ1n) is 8.72. The van der Waals surface area contributed by atoms with E-state index in [1.807, 2.05) is 13.8 Å².